The van der Waals surface area contributed by atoms with Gasteiger partial charge in [0.15, 0.2) is 11.3 Å². The minimum atomic E-state index is -2.93. The molecule has 5 heterocycles. The van der Waals surface area contributed by atoms with Gasteiger partial charge in [-0.1, -0.05) is 30.3 Å². The third-order valence-corrected chi connectivity index (χ3v) is 8.37. The van der Waals surface area contributed by atoms with Gasteiger partial charge in [0.1, 0.15) is 23.6 Å². The molecule has 0 spiro atoms. The number of alkyl halides is 2. The van der Waals surface area contributed by atoms with Crippen LogP contribution in [0, 0.1) is 0 Å². The molecule has 0 bridgehead atoms. The molecule has 0 atom stereocenters. The lowest BCUT2D eigenvalue weighted by molar-refractivity contribution is 0.0184. The molecule has 0 radical (unpaired) electrons. The zero-order valence-corrected chi connectivity index (χ0v) is 27.6. The summed E-state index contributed by atoms with van der Waals surface area (Å²) in [6, 6.07) is 11.0. The highest BCUT2D eigenvalue weighted by molar-refractivity contribution is 6.08. The van der Waals surface area contributed by atoms with Gasteiger partial charge in [-0.25, -0.2) is 27.9 Å². The lowest BCUT2D eigenvalue weighted by Gasteiger charge is -2.34. The summed E-state index contributed by atoms with van der Waals surface area (Å²) in [4.78, 5) is 48.4. The lowest BCUT2D eigenvalue weighted by Crippen LogP contribution is -2.49. The summed E-state index contributed by atoms with van der Waals surface area (Å²) in [6.07, 6.45) is 1.64. The quantitative estimate of drug-likeness (QED) is 0.281. The first-order chi connectivity index (χ1) is 23.4. The van der Waals surface area contributed by atoms with E-state index in [1.807, 2.05) is 35.2 Å². The normalized spacial score (nSPS) is 15.9. The van der Waals surface area contributed by atoms with Crippen molar-refractivity contribution in [3.8, 4) is 0 Å². The number of nitrogens with one attached hydrogen (secondary N) is 1. The van der Waals surface area contributed by atoms with Gasteiger partial charge in [0.2, 0.25) is 0 Å². The van der Waals surface area contributed by atoms with Gasteiger partial charge in [-0.15, -0.1) is 0 Å². The van der Waals surface area contributed by atoms with E-state index in [2.05, 4.69) is 20.5 Å². The number of aromatic nitrogens is 5. The molecule has 2 saturated heterocycles. The topological polar surface area (TPSA) is 139 Å². The van der Waals surface area contributed by atoms with E-state index in [0.29, 0.717) is 57.9 Å². The first-order valence-electron chi connectivity index (χ1n) is 16.2. The monoisotopic (exact) mass is 679 g/mol. The van der Waals surface area contributed by atoms with E-state index in [0.717, 1.165) is 5.56 Å². The van der Waals surface area contributed by atoms with Crippen LogP contribution in [0.25, 0.3) is 5.65 Å². The van der Waals surface area contributed by atoms with Crippen LogP contribution in [-0.2, 0) is 16.1 Å². The summed E-state index contributed by atoms with van der Waals surface area (Å²) in [6.45, 7) is 8.18. The third kappa shape index (κ3) is 7.90. The van der Waals surface area contributed by atoms with Gasteiger partial charge >= 0.3 is 12.2 Å². The fraction of sp³-hybridized carbons (Fsp3) is 0.455. The Balaban J connectivity index is 1.09. The highest BCUT2D eigenvalue weighted by Crippen LogP contribution is 2.31. The average Bonchev–Trinajstić information content (AvgIpc) is 3.71. The van der Waals surface area contributed by atoms with Crippen molar-refractivity contribution in [2.24, 2.45) is 0 Å². The first-order valence-corrected chi connectivity index (χ1v) is 16.2. The molecule has 1 aromatic carbocycles. The van der Waals surface area contributed by atoms with Gasteiger partial charge in [0.25, 0.3) is 12.3 Å². The number of halogens is 2. The summed E-state index contributed by atoms with van der Waals surface area (Å²) in [5.41, 5.74) is -0.0231. The molecule has 1 N–H and O–H groups in total. The Morgan fingerprint density at radius 3 is 2.33 bits per heavy atom. The molecule has 14 nitrogen and oxygen atoms in total. The zero-order valence-electron chi connectivity index (χ0n) is 27.6. The maximum Gasteiger partial charge on any atom is 0.410 e. The van der Waals surface area contributed by atoms with Crippen molar-refractivity contribution in [3.63, 3.8) is 0 Å². The largest absolute Gasteiger partial charge is 0.445 e. The highest BCUT2D eigenvalue weighted by atomic mass is 19.3. The molecule has 16 heteroatoms. The number of carbonyl (C=O) groups is 3. The number of anilines is 2. The van der Waals surface area contributed by atoms with E-state index < -0.39 is 29.7 Å². The number of nitrogens with zero attached hydrogens (tertiary/aromatic N) is 8. The molecule has 3 aromatic heterocycles. The number of carbonyl (C=O) groups excluding carboxylic acids is 3. The number of piperazine rings is 1. The molecule has 3 amide bonds. The Labute approximate surface area is 281 Å². The second-order valence-corrected chi connectivity index (χ2v) is 13.0. The Bertz CT molecular complexity index is 1790. The number of fused-ring (bicyclic) bond motifs is 1. The van der Waals surface area contributed by atoms with Crippen LogP contribution in [-0.4, -0.2) is 97.1 Å². The summed E-state index contributed by atoms with van der Waals surface area (Å²) >= 11 is 0. The summed E-state index contributed by atoms with van der Waals surface area (Å²) in [7, 11) is 0. The molecule has 0 saturated carbocycles. The van der Waals surface area contributed by atoms with Crippen LogP contribution in [0.15, 0.2) is 55.0 Å². The van der Waals surface area contributed by atoms with Crippen LogP contribution < -0.4 is 10.2 Å². The van der Waals surface area contributed by atoms with Gasteiger partial charge in [-0.3, -0.25) is 9.48 Å². The molecular weight excluding hydrogens is 640 g/mol. The fourth-order valence-corrected chi connectivity index (χ4v) is 5.80. The Morgan fingerprint density at radius 1 is 0.959 bits per heavy atom. The number of hydrogen-bond acceptors (Lipinski definition) is 9. The van der Waals surface area contributed by atoms with Crippen LogP contribution in [0.4, 0.5) is 29.9 Å². The number of hydrogen-bond donors (Lipinski definition) is 1. The lowest BCUT2D eigenvalue weighted by atomic mass is 10.1. The molecule has 2 aliphatic rings. The second-order valence-electron chi connectivity index (χ2n) is 13.0. The molecule has 0 aliphatic carbocycles. The van der Waals surface area contributed by atoms with Crippen molar-refractivity contribution >= 4 is 35.2 Å². The van der Waals surface area contributed by atoms with Crippen LogP contribution in [0.5, 0.6) is 0 Å². The third-order valence-electron chi connectivity index (χ3n) is 8.37. The standard InChI is InChI=1S/C33H39F2N9O5/c1-33(2,3)49-32(47)41-12-9-23(10-13-41)44-20-25(27(39-44)28(34)35)37-30(45)24-19-36-43-14-11-26(38-29(24)43)40-15-17-42(18-16-40)31(46)48-21-22-7-5-4-6-8-22/h4-8,11,14,19-20,23,28H,9-10,12-13,15-18,21H2,1-3H3,(H,37,45). The van der Waals surface area contributed by atoms with Gasteiger partial charge in [-0.05, 0) is 45.2 Å². The van der Waals surface area contributed by atoms with E-state index in [1.54, 1.807) is 42.8 Å². The van der Waals surface area contributed by atoms with Crippen molar-refractivity contribution < 1.29 is 32.6 Å². The Hall–Kier alpha value is -5.28. The Morgan fingerprint density at radius 2 is 1.65 bits per heavy atom. The van der Waals surface area contributed by atoms with Gasteiger partial charge < -0.3 is 29.5 Å². The number of amides is 3. The summed E-state index contributed by atoms with van der Waals surface area (Å²) in [5.74, 6) is -0.0787. The van der Waals surface area contributed by atoms with Gasteiger partial charge in [0, 0.05) is 51.7 Å². The predicted molar refractivity (Wildman–Crippen MR) is 175 cm³/mol. The summed E-state index contributed by atoms with van der Waals surface area (Å²) < 4.78 is 41.9. The predicted octanol–water partition coefficient (Wildman–Crippen LogP) is 5.15. The molecule has 0 unspecified atom stereocenters. The minimum Gasteiger partial charge on any atom is -0.445 e. The summed E-state index contributed by atoms with van der Waals surface area (Å²) in [5, 5.41) is 10.9. The average molecular weight is 680 g/mol. The van der Waals surface area contributed by atoms with Crippen molar-refractivity contribution in [3.05, 3.63) is 71.8 Å². The number of ether oxygens (including phenoxy) is 2. The molecule has 260 valence electrons. The molecule has 49 heavy (non-hydrogen) atoms. The van der Waals surface area contributed by atoms with Crippen molar-refractivity contribution in [1.29, 1.82) is 0 Å². The maximum absolute atomic E-state index is 14.1. The first kappa shape index (κ1) is 33.6. The number of likely N-dealkylation sites (tertiary alicyclic amines) is 1. The van der Waals surface area contributed by atoms with E-state index in [9.17, 15) is 23.2 Å². The molecule has 6 rings (SSSR count). The molecule has 2 fully saturated rings. The van der Waals surface area contributed by atoms with Crippen LogP contribution in [0.2, 0.25) is 0 Å². The van der Waals surface area contributed by atoms with Crippen LogP contribution in [0.3, 0.4) is 0 Å². The van der Waals surface area contributed by atoms with E-state index >= 15 is 0 Å². The molecular formula is C33H39F2N9O5. The minimum absolute atomic E-state index is 0.101. The van der Waals surface area contributed by atoms with Gasteiger partial charge in [-0.2, -0.15) is 10.2 Å². The van der Waals surface area contributed by atoms with Crippen molar-refractivity contribution in [2.45, 2.75) is 58.3 Å². The number of benzene rings is 1. The van der Waals surface area contributed by atoms with Crippen molar-refractivity contribution in [1.82, 2.24) is 34.2 Å². The van der Waals surface area contributed by atoms with Crippen molar-refractivity contribution in [2.75, 3.05) is 49.5 Å². The smallest absolute Gasteiger partial charge is 0.410 e. The van der Waals surface area contributed by atoms with E-state index in [1.165, 1.54) is 21.6 Å². The maximum atomic E-state index is 14.1. The van der Waals surface area contributed by atoms with E-state index in [-0.39, 0.29) is 35.6 Å². The van der Waals surface area contributed by atoms with Crippen LogP contribution in [0.1, 0.15) is 67.7 Å². The second kappa shape index (κ2) is 14.1. The van der Waals surface area contributed by atoms with Gasteiger partial charge in [0.05, 0.1) is 17.9 Å². The van der Waals surface area contributed by atoms with Crippen LogP contribution >= 0.6 is 0 Å². The zero-order chi connectivity index (χ0) is 34.7. The van der Waals surface area contributed by atoms with E-state index in [4.69, 9.17) is 9.47 Å². The Kier molecular flexibility index (Phi) is 9.65. The fourth-order valence-electron chi connectivity index (χ4n) is 5.80. The SMILES string of the molecule is CC(C)(C)OC(=O)N1CCC(n2cc(NC(=O)c3cnn4ccc(N5CCN(C(=O)OCc6ccccc6)CC5)nc34)c(C(F)F)n2)CC1. The number of rotatable bonds is 7. The molecule has 4 aromatic rings. The number of piperidine rings is 1. The molecule has 2 aliphatic heterocycles. The highest BCUT2D eigenvalue weighted by Gasteiger charge is 2.30.